The van der Waals surface area contributed by atoms with E-state index in [4.69, 9.17) is 11.6 Å². The molecule has 7 heteroatoms. The molecule has 0 saturated carbocycles. The SMILES string of the molecule is C=C(Cl)CNC(=O)CCOCC(F)(F)F. The number of carbonyl (C=O) groups is 1. The van der Waals surface area contributed by atoms with Gasteiger partial charge in [-0.2, -0.15) is 13.2 Å². The Kier molecular flexibility index (Phi) is 6.35. The highest BCUT2D eigenvalue weighted by molar-refractivity contribution is 6.29. The molecular weight excluding hydrogens is 235 g/mol. The third-order valence-corrected chi connectivity index (χ3v) is 1.35. The van der Waals surface area contributed by atoms with E-state index in [1.165, 1.54) is 0 Å². The molecule has 0 spiro atoms. The van der Waals surface area contributed by atoms with Crippen LogP contribution in [0.3, 0.4) is 0 Å². The Morgan fingerprint density at radius 2 is 2.07 bits per heavy atom. The van der Waals surface area contributed by atoms with Crippen LogP contribution in [0.4, 0.5) is 13.2 Å². The molecule has 0 aliphatic heterocycles. The number of rotatable bonds is 6. The predicted octanol–water partition coefficient (Wildman–Crippen LogP) is 1.82. The van der Waals surface area contributed by atoms with Crippen LogP contribution >= 0.6 is 11.6 Å². The maximum absolute atomic E-state index is 11.6. The van der Waals surface area contributed by atoms with Crippen LogP contribution in [-0.2, 0) is 9.53 Å². The summed E-state index contributed by atoms with van der Waals surface area (Å²) in [7, 11) is 0. The molecular formula is C8H11ClF3NO2. The molecule has 0 aliphatic carbocycles. The summed E-state index contributed by atoms with van der Waals surface area (Å²) in [6.45, 7) is 1.80. The van der Waals surface area contributed by atoms with Crippen molar-refractivity contribution >= 4 is 17.5 Å². The van der Waals surface area contributed by atoms with Crippen LogP contribution in [-0.4, -0.2) is 31.8 Å². The first-order valence-electron chi connectivity index (χ1n) is 4.06. The van der Waals surface area contributed by atoms with Gasteiger partial charge in [0.05, 0.1) is 13.2 Å². The normalized spacial score (nSPS) is 11.2. The summed E-state index contributed by atoms with van der Waals surface area (Å²) < 4.78 is 39.0. The third-order valence-electron chi connectivity index (χ3n) is 1.22. The first-order valence-corrected chi connectivity index (χ1v) is 4.43. The smallest absolute Gasteiger partial charge is 0.372 e. The van der Waals surface area contributed by atoms with E-state index < -0.39 is 18.7 Å². The molecule has 0 aromatic carbocycles. The fourth-order valence-corrected chi connectivity index (χ4v) is 0.702. The monoisotopic (exact) mass is 245 g/mol. The van der Waals surface area contributed by atoms with Crippen LogP contribution in [0, 0.1) is 0 Å². The van der Waals surface area contributed by atoms with Crippen molar-refractivity contribution in [1.82, 2.24) is 5.32 Å². The van der Waals surface area contributed by atoms with Crippen LogP contribution in [0.5, 0.6) is 0 Å². The highest BCUT2D eigenvalue weighted by atomic mass is 35.5. The first-order chi connectivity index (χ1) is 6.81. The van der Waals surface area contributed by atoms with Crippen LogP contribution in [0.1, 0.15) is 6.42 Å². The van der Waals surface area contributed by atoms with Crippen molar-refractivity contribution in [1.29, 1.82) is 0 Å². The minimum absolute atomic E-state index is 0.0969. The molecule has 0 aromatic heterocycles. The Morgan fingerprint density at radius 3 is 2.53 bits per heavy atom. The van der Waals surface area contributed by atoms with Crippen molar-refractivity contribution in [2.45, 2.75) is 12.6 Å². The molecule has 0 fully saturated rings. The van der Waals surface area contributed by atoms with Crippen molar-refractivity contribution in [3.63, 3.8) is 0 Å². The summed E-state index contributed by atoms with van der Waals surface area (Å²) in [5.41, 5.74) is 0. The molecule has 3 nitrogen and oxygen atoms in total. The van der Waals surface area contributed by atoms with E-state index in [1.54, 1.807) is 0 Å². The number of hydrogen-bond acceptors (Lipinski definition) is 2. The Labute approximate surface area is 90.2 Å². The minimum atomic E-state index is -4.36. The van der Waals surface area contributed by atoms with Crippen molar-refractivity contribution in [2.24, 2.45) is 0 Å². The van der Waals surface area contributed by atoms with Gasteiger partial charge in [-0.15, -0.1) is 0 Å². The molecule has 0 heterocycles. The summed E-state index contributed by atoms with van der Waals surface area (Å²) in [4.78, 5) is 10.9. The Hall–Kier alpha value is -0.750. The molecule has 0 aliphatic rings. The van der Waals surface area contributed by atoms with Gasteiger partial charge in [0.25, 0.3) is 0 Å². The average Bonchev–Trinajstić information content (AvgIpc) is 2.07. The second kappa shape index (κ2) is 6.68. The van der Waals surface area contributed by atoms with Gasteiger partial charge in [-0.05, 0) is 0 Å². The summed E-state index contributed by atoms with van der Waals surface area (Å²) in [5, 5.41) is 2.60. The second-order valence-electron chi connectivity index (χ2n) is 2.71. The lowest BCUT2D eigenvalue weighted by Gasteiger charge is -2.07. The average molecular weight is 246 g/mol. The molecule has 0 atom stereocenters. The predicted molar refractivity (Wildman–Crippen MR) is 49.5 cm³/mol. The number of amides is 1. The number of nitrogens with one attached hydrogen (secondary N) is 1. The van der Waals surface area contributed by atoms with Crippen LogP contribution in [0.2, 0.25) is 0 Å². The van der Waals surface area contributed by atoms with E-state index in [-0.39, 0.29) is 24.6 Å². The molecule has 0 radical (unpaired) electrons. The van der Waals surface area contributed by atoms with E-state index in [9.17, 15) is 18.0 Å². The molecule has 0 bridgehead atoms. The molecule has 0 saturated heterocycles. The van der Waals surface area contributed by atoms with Crippen LogP contribution in [0.25, 0.3) is 0 Å². The molecule has 1 amide bonds. The van der Waals surface area contributed by atoms with E-state index in [0.29, 0.717) is 0 Å². The molecule has 0 rings (SSSR count). The number of hydrogen-bond donors (Lipinski definition) is 1. The van der Waals surface area contributed by atoms with Gasteiger partial charge in [0.15, 0.2) is 0 Å². The number of ether oxygens (including phenoxy) is 1. The zero-order valence-corrected chi connectivity index (χ0v) is 8.62. The number of alkyl halides is 3. The summed E-state index contributed by atoms with van der Waals surface area (Å²) in [5.74, 6) is -0.432. The molecule has 15 heavy (non-hydrogen) atoms. The Balaban J connectivity index is 3.44. The quantitative estimate of drug-likeness (QED) is 0.725. The van der Waals surface area contributed by atoms with Gasteiger partial charge in [-0.3, -0.25) is 4.79 Å². The minimum Gasteiger partial charge on any atom is -0.372 e. The van der Waals surface area contributed by atoms with Crippen LogP contribution < -0.4 is 5.32 Å². The van der Waals surface area contributed by atoms with E-state index in [2.05, 4.69) is 16.6 Å². The molecule has 0 unspecified atom stereocenters. The van der Waals surface area contributed by atoms with Gasteiger partial charge >= 0.3 is 6.18 Å². The maximum atomic E-state index is 11.6. The fourth-order valence-electron chi connectivity index (χ4n) is 0.636. The van der Waals surface area contributed by atoms with Crippen molar-refractivity contribution < 1.29 is 22.7 Å². The van der Waals surface area contributed by atoms with Gasteiger partial charge in [0.2, 0.25) is 5.91 Å². The highest BCUT2D eigenvalue weighted by Gasteiger charge is 2.27. The van der Waals surface area contributed by atoms with E-state index in [0.717, 1.165) is 0 Å². The maximum Gasteiger partial charge on any atom is 0.411 e. The van der Waals surface area contributed by atoms with Crippen molar-refractivity contribution in [2.75, 3.05) is 19.8 Å². The summed E-state index contributed by atoms with van der Waals surface area (Å²) in [6.07, 6.45) is -4.50. The van der Waals surface area contributed by atoms with E-state index >= 15 is 0 Å². The van der Waals surface area contributed by atoms with E-state index in [1.807, 2.05) is 0 Å². The van der Waals surface area contributed by atoms with Gasteiger partial charge in [0.1, 0.15) is 6.61 Å². The van der Waals surface area contributed by atoms with Gasteiger partial charge in [0, 0.05) is 11.5 Å². The zero-order chi connectivity index (χ0) is 11.9. The van der Waals surface area contributed by atoms with Crippen molar-refractivity contribution in [3.8, 4) is 0 Å². The zero-order valence-electron chi connectivity index (χ0n) is 7.86. The lowest BCUT2D eigenvalue weighted by atomic mass is 10.4. The number of carbonyl (C=O) groups excluding carboxylic acids is 1. The van der Waals surface area contributed by atoms with Gasteiger partial charge in [-0.1, -0.05) is 18.2 Å². The highest BCUT2D eigenvalue weighted by Crippen LogP contribution is 2.14. The topological polar surface area (TPSA) is 38.3 Å². The summed E-state index contributed by atoms with van der Waals surface area (Å²) >= 11 is 5.35. The number of halogens is 4. The Morgan fingerprint density at radius 1 is 1.47 bits per heavy atom. The first kappa shape index (κ1) is 14.2. The molecule has 1 N–H and O–H groups in total. The standard InChI is InChI=1S/C8H11ClF3NO2/c1-6(9)4-13-7(14)2-3-15-5-8(10,11)12/h1-5H2,(H,13,14). The Bertz CT molecular complexity index is 230. The van der Waals surface area contributed by atoms with Gasteiger partial charge < -0.3 is 10.1 Å². The van der Waals surface area contributed by atoms with Crippen LogP contribution in [0.15, 0.2) is 11.6 Å². The molecule has 88 valence electrons. The van der Waals surface area contributed by atoms with Gasteiger partial charge in [-0.25, -0.2) is 0 Å². The summed E-state index contributed by atoms with van der Waals surface area (Å²) in [6, 6.07) is 0. The largest absolute Gasteiger partial charge is 0.411 e. The lowest BCUT2D eigenvalue weighted by Crippen LogP contribution is -2.26. The third kappa shape index (κ3) is 11.2. The lowest BCUT2D eigenvalue weighted by molar-refractivity contribution is -0.174. The second-order valence-corrected chi connectivity index (χ2v) is 3.25. The van der Waals surface area contributed by atoms with Crippen molar-refractivity contribution in [3.05, 3.63) is 11.6 Å². The fraction of sp³-hybridized carbons (Fsp3) is 0.625. The molecule has 0 aromatic rings.